The molecule has 0 saturated carbocycles. The van der Waals surface area contributed by atoms with E-state index in [1.165, 1.54) is 30.3 Å². The van der Waals surface area contributed by atoms with Crippen LogP contribution in [-0.4, -0.2) is 20.1 Å². The highest BCUT2D eigenvalue weighted by Crippen LogP contribution is 2.18. The number of anilines is 2. The smallest absolute Gasteiger partial charge is 0.291 e. The van der Waals surface area contributed by atoms with Crippen molar-refractivity contribution >= 4 is 27.3 Å². The summed E-state index contributed by atoms with van der Waals surface area (Å²) in [6.45, 7) is 1.63. The summed E-state index contributed by atoms with van der Waals surface area (Å²) < 4.78 is 49.4. The van der Waals surface area contributed by atoms with Gasteiger partial charge < -0.3 is 14.5 Å². The van der Waals surface area contributed by atoms with Crippen LogP contribution in [0.25, 0.3) is 0 Å². The zero-order valence-electron chi connectivity index (χ0n) is 15.5. The number of carbonyl (C=O) groups excluding carboxylic acids is 1. The van der Waals surface area contributed by atoms with Gasteiger partial charge in [0.25, 0.3) is 5.91 Å². The van der Waals surface area contributed by atoms with E-state index in [-0.39, 0.29) is 23.9 Å². The molecule has 0 unspecified atom stereocenters. The lowest BCUT2D eigenvalue weighted by Gasteiger charge is -2.08. The number of furan rings is 1. The number of rotatable bonds is 8. The molecule has 3 aromatic rings. The van der Waals surface area contributed by atoms with Gasteiger partial charge in [-0.3, -0.25) is 9.52 Å². The molecule has 9 heteroatoms. The number of ether oxygens (including phenoxy) is 1. The van der Waals surface area contributed by atoms with Gasteiger partial charge in [0.15, 0.2) is 5.76 Å². The average Bonchev–Trinajstić information content (AvgIpc) is 3.18. The molecule has 0 bridgehead atoms. The summed E-state index contributed by atoms with van der Waals surface area (Å²) in [5, 5.41) is 2.66. The van der Waals surface area contributed by atoms with Crippen molar-refractivity contribution in [3.8, 4) is 5.75 Å². The quantitative estimate of drug-likeness (QED) is 0.576. The molecule has 3 rings (SSSR count). The Hall–Kier alpha value is -3.33. The summed E-state index contributed by atoms with van der Waals surface area (Å²) in [7, 11) is -3.36. The lowest BCUT2D eigenvalue weighted by atomic mass is 10.3. The van der Waals surface area contributed by atoms with Crippen LogP contribution in [0.4, 0.5) is 15.8 Å². The van der Waals surface area contributed by atoms with Crippen LogP contribution in [0, 0.1) is 5.82 Å². The van der Waals surface area contributed by atoms with E-state index in [1.54, 1.807) is 37.3 Å². The SMILES string of the molecule is CCS(=O)(=O)Nc1ccc(NC(=O)c2ccc(COc3ccc(F)cc3)o2)cc1. The lowest BCUT2D eigenvalue weighted by Crippen LogP contribution is -2.14. The van der Waals surface area contributed by atoms with Crippen LogP contribution in [-0.2, 0) is 16.6 Å². The van der Waals surface area contributed by atoms with Crippen LogP contribution in [0.3, 0.4) is 0 Å². The average molecular weight is 418 g/mol. The summed E-state index contributed by atoms with van der Waals surface area (Å²) >= 11 is 0. The minimum absolute atomic E-state index is 0.0306. The normalized spacial score (nSPS) is 11.1. The number of halogens is 1. The van der Waals surface area contributed by atoms with Gasteiger partial charge in [-0.05, 0) is 67.6 Å². The Morgan fingerprint density at radius 1 is 1.00 bits per heavy atom. The van der Waals surface area contributed by atoms with Crippen LogP contribution in [0.2, 0.25) is 0 Å². The Labute approximate surface area is 167 Å². The standard InChI is InChI=1S/C20H19FN2O5S/c1-2-29(25,26)23-16-7-5-15(6-8-16)22-20(24)19-12-11-18(28-19)13-27-17-9-3-14(21)4-10-17/h3-12,23H,2,13H2,1H3,(H,22,24). The maximum Gasteiger partial charge on any atom is 0.291 e. The molecule has 2 N–H and O–H groups in total. The van der Waals surface area contributed by atoms with Crippen molar-refractivity contribution in [3.05, 3.63) is 78.0 Å². The molecule has 2 aromatic carbocycles. The highest BCUT2D eigenvalue weighted by Gasteiger charge is 2.13. The molecule has 1 aromatic heterocycles. The molecule has 152 valence electrons. The molecular formula is C20H19FN2O5S. The van der Waals surface area contributed by atoms with Gasteiger partial charge in [0.1, 0.15) is 23.9 Å². The van der Waals surface area contributed by atoms with Crippen molar-refractivity contribution in [1.82, 2.24) is 0 Å². The topological polar surface area (TPSA) is 97.6 Å². The third-order valence-corrected chi connectivity index (χ3v) is 5.18. The van der Waals surface area contributed by atoms with E-state index in [1.807, 2.05) is 0 Å². The number of amides is 1. The first-order valence-electron chi connectivity index (χ1n) is 8.73. The van der Waals surface area contributed by atoms with E-state index in [0.29, 0.717) is 22.9 Å². The Morgan fingerprint density at radius 3 is 2.31 bits per heavy atom. The van der Waals surface area contributed by atoms with Gasteiger partial charge in [-0.1, -0.05) is 0 Å². The second kappa shape index (κ2) is 8.78. The predicted molar refractivity (Wildman–Crippen MR) is 107 cm³/mol. The maximum atomic E-state index is 12.9. The molecule has 7 nitrogen and oxygen atoms in total. The minimum atomic E-state index is -3.36. The molecule has 0 aliphatic carbocycles. The Kier molecular flexibility index (Phi) is 6.18. The van der Waals surface area contributed by atoms with Gasteiger partial charge in [-0.15, -0.1) is 0 Å². The van der Waals surface area contributed by atoms with Crippen LogP contribution >= 0.6 is 0 Å². The third kappa shape index (κ3) is 5.82. The fraction of sp³-hybridized carbons (Fsp3) is 0.150. The molecule has 29 heavy (non-hydrogen) atoms. The van der Waals surface area contributed by atoms with Crippen LogP contribution in [0.5, 0.6) is 5.75 Å². The van der Waals surface area contributed by atoms with Crippen LogP contribution < -0.4 is 14.8 Å². The van der Waals surface area contributed by atoms with Crippen molar-refractivity contribution in [3.63, 3.8) is 0 Å². The monoisotopic (exact) mass is 418 g/mol. The number of carbonyl (C=O) groups is 1. The van der Waals surface area contributed by atoms with E-state index in [2.05, 4.69) is 10.0 Å². The summed E-state index contributed by atoms with van der Waals surface area (Å²) in [6, 6.07) is 14.9. The molecular weight excluding hydrogens is 399 g/mol. The molecule has 0 spiro atoms. The largest absolute Gasteiger partial charge is 0.486 e. The first kappa shape index (κ1) is 20.4. The molecule has 1 amide bonds. The Balaban J connectivity index is 1.56. The van der Waals surface area contributed by atoms with Crippen molar-refractivity contribution < 1.29 is 26.8 Å². The number of hydrogen-bond donors (Lipinski definition) is 2. The first-order chi connectivity index (χ1) is 13.8. The van der Waals surface area contributed by atoms with Gasteiger partial charge in [0, 0.05) is 11.4 Å². The molecule has 0 aliphatic rings. The van der Waals surface area contributed by atoms with Gasteiger partial charge >= 0.3 is 0 Å². The van der Waals surface area contributed by atoms with E-state index >= 15 is 0 Å². The van der Waals surface area contributed by atoms with Crippen molar-refractivity contribution in [2.75, 3.05) is 15.8 Å². The zero-order chi connectivity index (χ0) is 20.9. The molecule has 0 atom stereocenters. The highest BCUT2D eigenvalue weighted by atomic mass is 32.2. The fourth-order valence-electron chi connectivity index (χ4n) is 2.33. The molecule has 0 fully saturated rings. The second-order valence-corrected chi connectivity index (χ2v) is 8.06. The van der Waals surface area contributed by atoms with Crippen molar-refractivity contribution in [2.45, 2.75) is 13.5 Å². The Morgan fingerprint density at radius 2 is 1.66 bits per heavy atom. The number of nitrogens with one attached hydrogen (secondary N) is 2. The zero-order valence-corrected chi connectivity index (χ0v) is 16.3. The second-order valence-electron chi connectivity index (χ2n) is 6.05. The molecule has 0 saturated heterocycles. The minimum Gasteiger partial charge on any atom is -0.486 e. The molecule has 1 heterocycles. The lowest BCUT2D eigenvalue weighted by molar-refractivity contribution is 0.0992. The number of sulfonamides is 1. The van der Waals surface area contributed by atoms with Gasteiger partial charge in [-0.25, -0.2) is 12.8 Å². The molecule has 0 aliphatic heterocycles. The number of hydrogen-bond acceptors (Lipinski definition) is 5. The summed E-state index contributed by atoms with van der Waals surface area (Å²) in [6.07, 6.45) is 0. The summed E-state index contributed by atoms with van der Waals surface area (Å²) in [4.78, 5) is 12.3. The summed E-state index contributed by atoms with van der Waals surface area (Å²) in [5.41, 5.74) is 0.887. The van der Waals surface area contributed by atoms with E-state index < -0.39 is 15.9 Å². The van der Waals surface area contributed by atoms with Gasteiger partial charge in [0.05, 0.1) is 5.75 Å². The summed E-state index contributed by atoms with van der Waals surface area (Å²) in [5.74, 6) is 0.164. The van der Waals surface area contributed by atoms with Crippen molar-refractivity contribution in [2.24, 2.45) is 0 Å². The number of benzene rings is 2. The first-order valence-corrected chi connectivity index (χ1v) is 10.4. The predicted octanol–water partition coefficient (Wildman–Crippen LogP) is 4.01. The third-order valence-electron chi connectivity index (χ3n) is 3.88. The van der Waals surface area contributed by atoms with Crippen LogP contribution in [0.15, 0.2) is 65.1 Å². The van der Waals surface area contributed by atoms with Gasteiger partial charge in [-0.2, -0.15) is 0 Å². The maximum absolute atomic E-state index is 12.9. The van der Waals surface area contributed by atoms with E-state index in [0.717, 1.165) is 0 Å². The highest BCUT2D eigenvalue weighted by molar-refractivity contribution is 7.92. The van der Waals surface area contributed by atoms with Crippen LogP contribution in [0.1, 0.15) is 23.2 Å². The van der Waals surface area contributed by atoms with E-state index in [4.69, 9.17) is 9.15 Å². The fourth-order valence-corrected chi connectivity index (χ4v) is 2.97. The van der Waals surface area contributed by atoms with Crippen molar-refractivity contribution in [1.29, 1.82) is 0 Å². The van der Waals surface area contributed by atoms with E-state index in [9.17, 15) is 17.6 Å². The van der Waals surface area contributed by atoms with Gasteiger partial charge in [0.2, 0.25) is 10.0 Å². The molecule has 0 radical (unpaired) electrons. The Bertz CT molecular complexity index is 1080.